The van der Waals surface area contributed by atoms with Crippen LogP contribution in [0.4, 0.5) is 5.95 Å². The van der Waals surface area contributed by atoms with Crippen LogP contribution in [0.5, 0.6) is 11.6 Å². The van der Waals surface area contributed by atoms with Gasteiger partial charge in [0.2, 0.25) is 11.8 Å². The van der Waals surface area contributed by atoms with Gasteiger partial charge in [-0.25, -0.2) is 9.79 Å². The number of imidazole rings is 1. The summed E-state index contributed by atoms with van der Waals surface area (Å²) >= 11 is 0. The first-order valence-corrected chi connectivity index (χ1v) is 9.78. The van der Waals surface area contributed by atoms with Gasteiger partial charge in [0, 0.05) is 11.8 Å². The van der Waals surface area contributed by atoms with Crippen molar-refractivity contribution in [3.63, 3.8) is 0 Å². The fourth-order valence-electron chi connectivity index (χ4n) is 3.12. The fraction of sp³-hybridized carbons (Fsp3) is 0.250. The standard InChI is InChI=1S/C20H20N8O3/c1-31-14-4-2-3-11(7-14)9-21-18-25-16-12(8-15-17(29)26-20(30)24-15)10-22-28(16)19(27-18)23-13-5-6-13/h2-4,7-8,10,13,29H,5-6,9H2,1H3,(H,21,23,27)(H2,24,26,30). The van der Waals surface area contributed by atoms with Crippen LogP contribution in [0.1, 0.15) is 24.1 Å². The summed E-state index contributed by atoms with van der Waals surface area (Å²) in [5, 5.41) is 18.1. The number of hydrogen-bond donors (Lipinski definition) is 4. The molecule has 1 fully saturated rings. The molecule has 0 bridgehead atoms. The Hall–Kier alpha value is -4.15. The molecule has 31 heavy (non-hydrogen) atoms. The minimum Gasteiger partial charge on any atom is -0.497 e. The van der Waals surface area contributed by atoms with Crippen LogP contribution in [0.25, 0.3) is 11.7 Å². The number of ether oxygens (including phenoxy) is 1. The molecule has 0 unspecified atom stereocenters. The molecule has 0 amide bonds. The van der Waals surface area contributed by atoms with Gasteiger partial charge in [0.05, 0.1) is 19.3 Å². The van der Waals surface area contributed by atoms with Crippen LogP contribution in [0.3, 0.4) is 0 Å². The Balaban J connectivity index is 1.57. The van der Waals surface area contributed by atoms with Crippen LogP contribution in [-0.4, -0.2) is 47.8 Å². The monoisotopic (exact) mass is 420 g/mol. The minimum atomic E-state index is -0.500. The molecule has 5 rings (SSSR count). The van der Waals surface area contributed by atoms with Crippen molar-refractivity contribution in [2.24, 2.45) is 4.99 Å². The van der Waals surface area contributed by atoms with Crippen LogP contribution in [0.15, 0.2) is 40.2 Å². The number of H-pyrrole nitrogens is 2. The van der Waals surface area contributed by atoms with Gasteiger partial charge in [-0.3, -0.25) is 4.98 Å². The van der Waals surface area contributed by atoms with E-state index in [0.29, 0.717) is 29.0 Å². The number of fused-ring (bicyclic) bond motifs is 1. The first-order chi connectivity index (χ1) is 15.1. The summed E-state index contributed by atoms with van der Waals surface area (Å²) < 4.78 is 6.83. The minimum absolute atomic E-state index is 0.241. The Bertz CT molecular complexity index is 1430. The SMILES string of the molecule is COc1cccc(CNc2nc(=NC3CC3)n3ncc(=Cc4[nH]c(=O)[nH]c4O)c3n2)c1. The van der Waals surface area contributed by atoms with Gasteiger partial charge in [-0.2, -0.15) is 19.6 Å². The lowest BCUT2D eigenvalue weighted by molar-refractivity contribution is 0.414. The van der Waals surface area contributed by atoms with E-state index < -0.39 is 5.69 Å². The molecule has 1 saturated carbocycles. The molecule has 1 aliphatic rings. The summed E-state index contributed by atoms with van der Waals surface area (Å²) in [7, 11) is 1.63. The Morgan fingerprint density at radius 3 is 2.97 bits per heavy atom. The summed E-state index contributed by atoms with van der Waals surface area (Å²) in [5.41, 5.74) is 1.71. The first kappa shape index (κ1) is 18.9. The molecule has 0 aliphatic heterocycles. The predicted molar refractivity (Wildman–Crippen MR) is 112 cm³/mol. The molecule has 1 aromatic carbocycles. The maximum Gasteiger partial charge on any atom is 0.326 e. The van der Waals surface area contributed by atoms with Crippen LogP contribution >= 0.6 is 0 Å². The highest BCUT2D eigenvalue weighted by Crippen LogP contribution is 2.22. The van der Waals surface area contributed by atoms with Crippen LogP contribution in [-0.2, 0) is 6.54 Å². The van der Waals surface area contributed by atoms with Crippen molar-refractivity contribution in [2.75, 3.05) is 12.4 Å². The van der Waals surface area contributed by atoms with Crippen molar-refractivity contribution in [3.05, 3.63) is 63.0 Å². The fourth-order valence-corrected chi connectivity index (χ4v) is 3.12. The Labute approximate surface area is 175 Å². The van der Waals surface area contributed by atoms with E-state index in [-0.39, 0.29) is 17.6 Å². The number of benzene rings is 1. The van der Waals surface area contributed by atoms with Crippen LogP contribution in [0.2, 0.25) is 0 Å². The van der Waals surface area contributed by atoms with Gasteiger partial charge < -0.3 is 20.1 Å². The molecule has 4 aromatic rings. The first-order valence-electron chi connectivity index (χ1n) is 9.78. The molecule has 158 valence electrons. The number of aromatic amines is 2. The van der Waals surface area contributed by atoms with Gasteiger partial charge in [-0.1, -0.05) is 12.1 Å². The van der Waals surface area contributed by atoms with Gasteiger partial charge in [0.1, 0.15) is 11.4 Å². The third-order valence-corrected chi connectivity index (χ3v) is 4.84. The van der Waals surface area contributed by atoms with E-state index in [1.54, 1.807) is 23.9 Å². The van der Waals surface area contributed by atoms with Crippen molar-refractivity contribution < 1.29 is 9.84 Å². The Kier molecular flexibility index (Phi) is 4.62. The molecule has 0 radical (unpaired) electrons. The van der Waals surface area contributed by atoms with E-state index >= 15 is 0 Å². The molecule has 0 spiro atoms. The molecular weight excluding hydrogens is 400 g/mol. The molecular formula is C20H20N8O3. The molecule has 0 saturated heterocycles. The predicted octanol–water partition coefficient (Wildman–Crippen LogP) is 0.0778. The van der Waals surface area contributed by atoms with E-state index in [4.69, 9.17) is 4.74 Å². The second kappa shape index (κ2) is 7.59. The zero-order valence-electron chi connectivity index (χ0n) is 16.7. The van der Waals surface area contributed by atoms with Crippen molar-refractivity contribution >= 4 is 17.7 Å². The van der Waals surface area contributed by atoms with E-state index in [0.717, 1.165) is 24.2 Å². The highest BCUT2D eigenvalue weighted by Gasteiger charge is 2.21. The summed E-state index contributed by atoms with van der Waals surface area (Å²) in [5.74, 6) is 0.919. The normalized spacial score (nSPS) is 15.0. The van der Waals surface area contributed by atoms with Gasteiger partial charge >= 0.3 is 5.69 Å². The summed E-state index contributed by atoms with van der Waals surface area (Å²) in [6.45, 7) is 0.495. The van der Waals surface area contributed by atoms with Crippen molar-refractivity contribution in [3.8, 4) is 11.6 Å². The molecule has 11 heteroatoms. The molecule has 1 aliphatic carbocycles. The zero-order chi connectivity index (χ0) is 21.4. The number of rotatable bonds is 6. The van der Waals surface area contributed by atoms with Crippen molar-refractivity contribution in [1.29, 1.82) is 0 Å². The molecule has 0 atom stereocenters. The van der Waals surface area contributed by atoms with Gasteiger partial charge in [0.15, 0.2) is 5.65 Å². The van der Waals surface area contributed by atoms with Gasteiger partial charge in [0.25, 0.3) is 5.62 Å². The number of aromatic nitrogens is 6. The van der Waals surface area contributed by atoms with E-state index in [2.05, 4.69) is 35.3 Å². The Morgan fingerprint density at radius 1 is 1.35 bits per heavy atom. The average Bonchev–Trinajstić information content (AvgIpc) is 3.41. The van der Waals surface area contributed by atoms with Crippen LogP contribution in [0, 0.1) is 0 Å². The lowest BCUT2D eigenvalue weighted by Crippen LogP contribution is -2.24. The van der Waals surface area contributed by atoms with Crippen molar-refractivity contribution in [1.82, 2.24) is 29.5 Å². The summed E-state index contributed by atoms with van der Waals surface area (Å²) in [6.07, 6.45) is 5.23. The number of hydrogen-bond acceptors (Lipinski definition) is 8. The average molecular weight is 420 g/mol. The third-order valence-electron chi connectivity index (χ3n) is 4.84. The van der Waals surface area contributed by atoms with Gasteiger partial charge in [-0.05, 0) is 36.6 Å². The van der Waals surface area contributed by atoms with Crippen molar-refractivity contribution in [2.45, 2.75) is 25.4 Å². The molecule has 11 nitrogen and oxygen atoms in total. The number of nitrogens with zero attached hydrogens (tertiary/aromatic N) is 5. The maximum atomic E-state index is 11.4. The molecule has 4 N–H and O–H groups in total. The molecule has 3 heterocycles. The lowest BCUT2D eigenvalue weighted by Gasteiger charge is -2.07. The highest BCUT2D eigenvalue weighted by molar-refractivity contribution is 5.57. The van der Waals surface area contributed by atoms with Gasteiger partial charge in [-0.15, -0.1) is 0 Å². The largest absolute Gasteiger partial charge is 0.497 e. The molecule has 3 aromatic heterocycles. The second-order valence-corrected chi connectivity index (χ2v) is 7.23. The van der Waals surface area contributed by atoms with E-state index in [1.165, 1.54) is 0 Å². The van der Waals surface area contributed by atoms with E-state index in [1.807, 2.05) is 24.3 Å². The smallest absolute Gasteiger partial charge is 0.326 e. The quantitative estimate of drug-likeness (QED) is 0.345. The third kappa shape index (κ3) is 3.97. The Morgan fingerprint density at radius 2 is 2.23 bits per heavy atom. The lowest BCUT2D eigenvalue weighted by atomic mass is 10.2. The van der Waals surface area contributed by atoms with E-state index in [9.17, 15) is 9.90 Å². The van der Waals surface area contributed by atoms with Crippen LogP contribution < -0.4 is 26.6 Å². The number of nitrogens with one attached hydrogen (secondary N) is 3. The number of methoxy groups -OCH3 is 1. The number of anilines is 1. The topological polar surface area (TPSA) is 146 Å². The summed E-state index contributed by atoms with van der Waals surface area (Å²) in [4.78, 5) is 30.0. The highest BCUT2D eigenvalue weighted by atomic mass is 16.5. The maximum absolute atomic E-state index is 11.4. The number of aromatic hydroxyl groups is 1. The zero-order valence-corrected chi connectivity index (χ0v) is 16.7. The summed E-state index contributed by atoms with van der Waals surface area (Å²) in [6, 6.07) is 7.96. The second-order valence-electron chi connectivity index (χ2n) is 7.23.